The topological polar surface area (TPSA) is 49.9 Å². The summed E-state index contributed by atoms with van der Waals surface area (Å²) in [7, 11) is 0. The molecule has 1 aromatic carbocycles. The molecule has 0 spiro atoms. The van der Waals surface area contributed by atoms with Gasteiger partial charge >= 0.3 is 0 Å². The second-order valence-electron chi connectivity index (χ2n) is 7.67. The summed E-state index contributed by atoms with van der Waals surface area (Å²) >= 11 is 0. The highest BCUT2D eigenvalue weighted by Gasteiger charge is 2.43. The van der Waals surface area contributed by atoms with Crippen LogP contribution < -0.4 is 0 Å². The first-order valence-electron chi connectivity index (χ1n) is 10.6. The van der Waals surface area contributed by atoms with Crippen LogP contribution in [0.3, 0.4) is 0 Å². The molecule has 5 nitrogen and oxygen atoms in total. The fourth-order valence-corrected chi connectivity index (χ4v) is 4.36. The van der Waals surface area contributed by atoms with E-state index in [1.807, 2.05) is 6.92 Å². The molecule has 154 valence electrons. The minimum atomic E-state index is -0.882. The molecule has 2 amide bonds. The van der Waals surface area contributed by atoms with E-state index in [2.05, 4.69) is 0 Å². The van der Waals surface area contributed by atoms with Crippen LogP contribution in [-0.2, 0) is 14.3 Å². The number of nitrogens with zero attached hydrogens (tertiary/aromatic N) is 2. The van der Waals surface area contributed by atoms with Crippen LogP contribution in [-0.4, -0.2) is 54.0 Å². The average molecular weight is 390 g/mol. The number of halogens is 1. The number of amides is 2. The number of piperazine rings is 1. The van der Waals surface area contributed by atoms with Crippen molar-refractivity contribution in [1.29, 1.82) is 0 Å². The molecule has 1 unspecified atom stereocenters. The third-order valence-corrected chi connectivity index (χ3v) is 5.81. The van der Waals surface area contributed by atoms with E-state index in [0.717, 1.165) is 25.7 Å². The third kappa shape index (κ3) is 4.72. The highest BCUT2D eigenvalue weighted by atomic mass is 19.1. The van der Waals surface area contributed by atoms with Crippen LogP contribution in [0, 0.1) is 5.82 Å². The van der Waals surface area contributed by atoms with Crippen LogP contribution in [0.2, 0.25) is 0 Å². The largest absolute Gasteiger partial charge is 0.382 e. The molecule has 3 rings (SSSR count). The van der Waals surface area contributed by atoms with Crippen LogP contribution in [0.4, 0.5) is 4.39 Å². The number of rotatable bonds is 7. The van der Waals surface area contributed by atoms with Crippen LogP contribution in [0.15, 0.2) is 24.3 Å². The van der Waals surface area contributed by atoms with Crippen molar-refractivity contribution in [2.45, 2.75) is 64.0 Å². The number of hydrogen-bond donors (Lipinski definition) is 0. The first-order valence-corrected chi connectivity index (χ1v) is 10.6. The van der Waals surface area contributed by atoms with Crippen molar-refractivity contribution in [3.8, 4) is 0 Å². The van der Waals surface area contributed by atoms with Gasteiger partial charge in [0, 0.05) is 31.4 Å². The van der Waals surface area contributed by atoms with Gasteiger partial charge in [0.2, 0.25) is 5.91 Å². The van der Waals surface area contributed by atoms with E-state index < -0.39 is 11.9 Å². The molecule has 0 N–H and O–H groups in total. The van der Waals surface area contributed by atoms with Crippen LogP contribution in [0.5, 0.6) is 0 Å². The molecule has 28 heavy (non-hydrogen) atoms. The van der Waals surface area contributed by atoms with Gasteiger partial charge < -0.3 is 14.5 Å². The molecule has 1 heterocycles. The Morgan fingerprint density at radius 3 is 2.50 bits per heavy atom. The van der Waals surface area contributed by atoms with Gasteiger partial charge in [0.15, 0.2) is 0 Å². The van der Waals surface area contributed by atoms with Gasteiger partial charge in [0.05, 0.1) is 0 Å². The average Bonchev–Trinajstić information content (AvgIpc) is 2.98. The summed E-state index contributed by atoms with van der Waals surface area (Å²) < 4.78 is 20.0. The molecule has 6 heteroatoms. The molecule has 0 aromatic heterocycles. The summed E-state index contributed by atoms with van der Waals surface area (Å²) in [6.07, 6.45) is 6.97. The van der Waals surface area contributed by atoms with E-state index in [1.165, 1.54) is 18.9 Å². The fraction of sp³-hybridized carbons (Fsp3) is 0.636. The highest BCUT2D eigenvalue weighted by Crippen LogP contribution is 2.33. The molecule has 1 atom stereocenters. The van der Waals surface area contributed by atoms with Crippen LogP contribution in [0.25, 0.3) is 0 Å². The Morgan fingerprint density at radius 1 is 1.11 bits per heavy atom. The van der Waals surface area contributed by atoms with Crippen molar-refractivity contribution in [3.63, 3.8) is 0 Å². The Bertz CT molecular complexity index is 674. The van der Waals surface area contributed by atoms with Crippen LogP contribution in [0.1, 0.15) is 63.5 Å². The minimum Gasteiger partial charge on any atom is -0.382 e. The van der Waals surface area contributed by atoms with Crippen molar-refractivity contribution >= 4 is 11.8 Å². The van der Waals surface area contributed by atoms with Gasteiger partial charge in [-0.15, -0.1) is 0 Å². The Labute approximate surface area is 166 Å². The Hall–Kier alpha value is -1.95. The normalized spacial score (nSPS) is 21.9. The predicted octanol–water partition coefficient (Wildman–Crippen LogP) is 3.69. The summed E-state index contributed by atoms with van der Waals surface area (Å²) in [5.41, 5.74) is 0.288. The maximum Gasteiger partial charge on any atom is 0.250 e. The second-order valence-corrected chi connectivity index (χ2v) is 7.67. The molecule has 0 radical (unpaired) electrons. The lowest BCUT2D eigenvalue weighted by atomic mass is 9.97. The number of hydrogen-bond acceptors (Lipinski definition) is 3. The fourth-order valence-electron chi connectivity index (χ4n) is 4.36. The summed E-state index contributed by atoms with van der Waals surface area (Å²) in [5, 5.41) is 0. The second kappa shape index (κ2) is 10.0. The Kier molecular flexibility index (Phi) is 7.43. The van der Waals surface area contributed by atoms with Gasteiger partial charge in [0.1, 0.15) is 18.4 Å². The molecule has 2 fully saturated rings. The lowest BCUT2D eigenvalue weighted by Crippen LogP contribution is -2.58. The van der Waals surface area contributed by atoms with Gasteiger partial charge in [0.25, 0.3) is 5.91 Å². The summed E-state index contributed by atoms with van der Waals surface area (Å²) in [4.78, 5) is 29.7. The zero-order chi connectivity index (χ0) is 19.9. The molecular weight excluding hydrogens is 359 g/mol. The first kappa shape index (κ1) is 20.8. The van der Waals surface area contributed by atoms with Crippen molar-refractivity contribution in [1.82, 2.24) is 9.80 Å². The van der Waals surface area contributed by atoms with E-state index >= 15 is 0 Å². The maximum absolute atomic E-state index is 14.6. The lowest BCUT2D eigenvalue weighted by molar-refractivity contribution is -0.159. The zero-order valence-corrected chi connectivity index (χ0v) is 16.7. The van der Waals surface area contributed by atoms with Gasteiger partial charge in [-0.2, -0.15) is 0 Å². The van der Waals surface area contributed by atoms with E-state index in [4.69, 9.17) is 4.74 Å². The van der Waals surface area contributed by atoms with Crippen molar-refractivity contribution in [3.05, 3.63) is 35.6 Å². The molecule has 1 saturated heterocycles. The monoisotopic (exact) mass is 390 g/mol. The Balaban J connectivity index is 1.86. The zero-order valence-electron chi connectivity index (χ0n) is 16.7. The van der Waals surface area contributed by atoms with Gasteiger partial charge in [-0.25, -0.2) is 4.39 Å². The van der Waals surface area contributed by atoms with E-state index in [-0.39, 0.29) is 30.0 Å². The van der Waals surface area contributed by atoms with Crippen molar-refractivity contribution < 1.29 is 18.7 Å². The predicted molar refractivity (Wildman–Crippen MR) is 105 cm³/mol. The van der Waals surface area contributed by atoms with Gasteiger partial charge in [-0.1, -0.05) is 43.9 Å². The molecule has 2 aliphatic rings. The quantitative estimate of drug-likeness (QED) is 0.527. The van der Waals surface area contributed by atoms with E-state index in [0.29, 0.717) is 26.2 Å². The van der Waals surface area contributed by atoms with Crippen LogP contribution >= 0.6 is 0 Å². The van der Waals surface area contributed by atoms with E-state index in [9.17, 15) is 14.0 Å². The SMILES string of the molecule is CCOCCCN1C(=O)CN(C2CCCCCC2)C(=O)C1c1ccccc1F. The van der Waals surface area contributed by atoms with Crippen molar-refractivity contribution in [2.75, 3.05) is 26.3 Å². The molecule has 0 bridgehead atoms. The van der Waals surface area contributed by atoms with Gasteiger partial charge in [-0.3, -0.25) is 9.59 Å². The smallest absolute Gasteiger partial charge is 0.250 e. The number of ether oxygens (including phenoxy) is 1. The first-order chi connectivity index (χ1) is 13.6. The molecule has 1 aliphatic heterocycles. The summed E-state index contributed by atoms with van der Waals surface area (Å²) in [6.45, 7) is 3.54. The number of benzene rings is 1. The maximum atomic E-state index is 14.6. The number of carbonyl (C=O) groups excluding carboxylic acids is 2. The molecule has 1 saturated carbocycles. The van der Waals surface area contributed by atoms with Crippen molar-refractivity contribution in [2.24, 2.45) is 0 Å². The molecule has 1 aliphatic carbocycles. The standard InChI is InChI=1S/C22H31FN2O3/c1-2-28-15-9-14-24-20(26)16-25(17-10-5-3-4-6-11-17)22(27)21(24)18-12-7-8-13-19(18)23/h7-8,12-13,17,21H,2-6,9-11,14-16H2,1H3. The third-order valence-electron chi connectivity index (χ3n) is 5.81. The summed E-state index contributed by atoms with van der Waals surface area (Å²) in [5.74, 6) is -0.687. The van der Waals surface area contributed by atoms with E-state index in [1.54, 1.807) is 28.0 Å². The molecule has 1 aromatic rings. The summed E-state index contributed by atoms with van der Waals surface area (Å²) in [6, 6.07) is 5.51. The highest BCUT2D eigenvalue weighted by molar-refractivity contribution is 5.95. The lowest BCUT2D eigenvalue weighted by Gasteiger charge is -2.43. The minimum absolute atomic E-state index is 0.0822. The number of carbonyl (C=O) groups is 2. The molecular formula is C22H31FN2O3. The Morgan fingerprint density at radius 2 is 1.82 bits per heavy atom. The van der Waals surface area contributed by atoms with Gasteiger partial charge in [-0.05, 0) is 32.3 Å².